The Kier molecular flexibility index (Phi) is 3.89. The molecule has 1 atom stereocenters. The molecule has 0 spiro atoms. The monoisotopic (exact) mass is 267 g/mol. The first-order valence-corrected chi connectivity index (χ1v) is 6.83. The van der Waals surface area contributed by atoms with E-state index in [0.717, 1.165) is 32.1 Å². The largest absolute Gasteiger partial charge is 0.325 e. The molecule has 6 heteroatoms. The van der Waals surface area contributed by atoms with Crippen molar-refractivity contribution in [2.75, 3.05) is 6.54 Å². The summed E-state index contributed by atoms with van der Waals surface area (Å²) in [7, 11) is 0. The van der Waals surface area contributed by atoms with Crippen molar-refractivity contribution in [1.82, 2.24) is 10.2 Å². The van der Waals surface area contributed by atoms with Gasteiger partial charge in [-0.2, -0.15) is 0 Å². The lowest BCUT2D eigenvalue weighted by Crippen LogP contribution is -2.60. The van der Waals surface area contributed by atoms with Crippen LogP contribution < -0.4 is 11.1 Å². The zero-order valence-electron chi connectivity index (χ0n) is 11.3. The number of hydrogen-bond acceptors (Lipinski definition) is 4. The van der Waals surface area contributed by atoms with Gasteiger partial charge in [-0.25, -0.2) is 0 Å². The summed E-state index contributed by atoms with van der Waals surface area (Å²) in [6.07, 6.45) is 5.13. The number of rotatable bonds is 2. The SMILES string of the molecule is CC1C(=O)NC(=O)CN1C(=O)CC1(N)CCCCC1. The van der Waals surface area contributed by atoms with Gasteiger partial charge in [0.05, 0.1) is 0 Å². The van der Waals surface area contributed by atoms with Crippen molar-refractivity contribution in [2.24, 2.45) is 5.73 Å². The maximum absolute atomic E-state index is 12.3. The van der Waals surface area contributed by atoms with Gasteiger partial charge in [-0.1, -0.05) is 19.3 Å². The molecule has 6 nitrogen and oxygen atoms in total. The first-order chi connectivity index (χ1) is 8.91. The van der Waals surface area contributed by atoms with Gasteiger partial charge < -0.3 is 10.6 Å². The Morgan fingerprint density at radius 3 is 2.63 bits per heavy atom. The Hall–Kier alpha value is -1.43. The lowest BCUT2D eigenvalue weighted by molar-refractivity contribution is -0.150. The van der Waals surface area contributed by atoms with Crippen LogP contribution in [0.15, 0.2) is 0 Å². The average Bonchev–Trinajstić information content (AvgIpc) is 2.34. The zero-order valence-corrected chi connectivity index (χ0v) is 11.3. The summed E-state index contributed by atoms with van der Waals surface area (Å²) in [6.45, 7) is 1.57. The maximum atomic E-state index is 12.3. The highest BCUT2D eigenvalue weighted by Gasteiger charge is 2.37. The molecule has 1 saturated carbocycles. The highest BCUT2D eigenvalue weighted by atomic mass is 16.2. The molecule has 0 aromatic carbocycles. The molecule has 0 aromatic heterocycles. The smallest absolute Gasteiger partial charge is 0.249 e. The van der Waals surface area contributed by atoms with Crippen LogP contribution in [-0.2, 0) is 14.4 Å². The van der Waals surface area contributed by atoms with Crippen molar-refractivity contribution in [2.45, 2.75) is 57.0 Å². The Morgan fingerprint density at radius 1 is 1.37 bits per heavy atom. The number of nitrogens with zero attached hydrogens (tertiary/aromatic N) is 1. The van der Waals surface area contributed by atoms with E-state index >= 15 is 0 Å². The van der Waals surface area contributed by atoms with Crippen molar-refractivity contribution >= 4 is 17.7 Å². The number of amides is 3. The summed E-state index contributed by atoms with van der Waals surface area (Å²) in [5.41, 5.74) is 5.78. The number of carbonyl (C=O) groups is 3. The van der Waals surface area contributed by atoms with E-state index in [1.165, 1.54) is 4.90 Å². The molecule has 0 bridgehead atoms. The molecule has 3 N–H and O–H groups in total. The van der Waals surface area contributed by atoms with E-state index in [1.807, 2.05) is 0 Å². The molecule has 0 radical (unpaired) electrons. The Labute approximate surface area is 112 Å². The molecule has 2 fully saturated rings. The standard InChI is InChI=1S/C13H21N3O3/c1-9-12(19)15-10(17)8-16(9)11(18)7-13(14)5-3-2-4-6-13/h9H,2-8,14H2,1H3,(H,15,17,19). The fourth-order valence-corrected chi connectivity index (χ4v) is 2.85. The number of nitrogens with two attached hydrogens (primary N) is 1. The molecule has 3 amide bonds. The van der Waals surface area contributed by atoms with Crippen molar-refractivity contribution < 1.29 is 14.4 Å². The Balaban J connectivity index is 2.02. The molecule has 1 aliphatic heterocycles. The molecule has 1 heterocycles. The molecule has 1 unspecified atom stereocenters. The molecule has 19 heavy (non-hydrogen) atoms. The van der Waals surface area contributed by atoms with Crippen molar-refractivity contribution in [3.63, 3.8) is 0 Å². The van der Waals surface area contributed by atoms with Crippen LogP contribution in [0.2, 0.25) is 0 Å². The minimum Gasteiger partial charge on any atom is -0.325 e. The van der Waals surface area contributed by atoms with E-state index in [-0.39, 0.29) is 18.9 Å². The van der Waals surface area contributed by atoms with Crippen molar-refractivity contribution in [3.05, 3.63) is 0 Å². The molecular formula is C13H21N3O3. The molecule has 1 saturated heterocycles. The first-order valence-electron chi connectivity index (χ1n) is 6.83. The average molecular weight is 267 g/mol. The normalized spacial score (nSPS) is 27.1. The summed E-state index contributed by atoms with van der Waals surface area (Å²) in [5.74, 6) is -1.04. The molecule has 1 aliphatic carbocycles. The third-order valence-electron chi connectivity index (χ3n) is 4.10. The maximum Gasteiger partial charge on any atom is 0.249 e. The van der Waals surface area contributed by atoms with Crippen LogP contribution in [0.3, 0.4) is 0 Å². The summed E-state index contributed by atoms with van der Waals surface area (Å²) >= 11 is 0. The van der Waals surface area contributed by atoms with Gasteiger partial charge in [-0.15, -0.1) is 0 Å². The van der Waals surface area contributed by atoms with Gasteiger partial charge in [-0.3, -0.25) is 19.7 Å². The highest BCUT2D eigenvalue weighted by Crippen LogP contribution is 2.29. The minimum absolute atomic E-state index is 0.0538. The second-order valence-corrected chi connectivity index (χ2v) is 5.71. The summed E-state index contributed by atoms with van der Waals surface area (Å²) in [5, 5.41) is 2.22. The van der Waals surface area contributed by atoms with E-state index in [1.54, 1.807) is 6.92 Å². The number of imide groups is 1. The van der Waals surface area contributed by atoms with Crippen molar-refractivity contribution in [1.29, 1.82) is 0 Å². The predicted octanol–water partition coefficient (Wildman–Crippen LogP) is -0.0884. The topological polar surface area (TPSA) is 92.5 Å². The first kappa shape index (κ1) is 14.0. The van der Waals surface area contributed by atoms with Crippen LogP contribution in [0.1, 0.15) is 45.4 Å². The van der Waals surface area contributed by atoms with Gasteiger partial charge in [0.25, 0.3) is 0 Å². The second-order valence-electron chi connectivity index (χ2n) is 5.71. The highest BCUT2D eigenvalue weighted by molar-refractivity contribution is 6.04. The van der Waals surface area contributed by atoms with Gasteiger partial charge in [0.2, 0.25) is 17.7 Å². The van der Waals surface area contributed by atoms with Crippen LogP contribution in [0.4, 0.5) is 0 Å². The molecule has 2 rings (SSSR count). The summed E-state index contributed by atoms with van der Waals surface area (Å²) in [6, 6.07) is -0.600. The number of nitrogens with one attached hydrogen (secondary N) is 1. The van der Waals surface area contributed by atoms with Crippen LogP contribution >= 0.6 is 0 Å². The second kappa shape index (κ2) is 5.28. The van der Waals surface area contributed by atoms with Crippen LogP contribution in [-0.4, -0.2) is 40.7 Å². The van der Waals surface area contributed by atoms with E-state index in [0.29, 0.717) is 0 Å². The molecule has 0 aromatic rings. The Bertz CT molecular complexity index is 402. The fourth-order valence-electron chi connectivity index (χ4n) is 2.85. The quantitative estimate of drug-likeness (QED) is 0.684. The summed E-state index contributed by atoms with van der Waals surface area (Å²) in [4.78, 5) is 36.5. The number of carbonyl (C=O) groups excluding carboxylic acids is 3. The zero-order chi connectivity index (χ0) is 14.0. The van der Waals surface area contributed by atoms with Crippen molar-refractivity contribution in [3.8, 4) is 0 Å². The van der Waals surface area contributed by atoms with Crippen LogP contribution in [0, 0.1) is 0 Å². The third kappa shape index (κ3) is 3.12. The minimum atomic E-state index is -0.600. The predicted molar refractivity (Wildman–Crippen MR) is 68.9 cm³/mol. The van der Waals surface area contributed by atoms with Gasteiger partial charge in [-0.05, 0) is 19.8 Å². The van der Waals surface area contributed by atoms with Gasteiger partial charge >= 0.3 is 0 Å². The third-order valence-corrected chi connectivity index (χ3v) is 4.10. The van der Waals surface area contributed by atoms with E-state index in [2.05, 4.69) is 5.32 Å². The summed E-state index contributed by atoms with van der Waals surface area (Å²) < 4.78 is 0. The Morgan fingerprint density at radius 2 is 2.00 bits per heavy atom. The molecule has 2 aliphatic rings. The van der Waals surface area contributed by atoms with Gasteiger partial charge in [0.15, 0.2) is 0 Å². The lowest BCUT2D eigenvalue weighted by atomic mass is 9.80. The molecule has 106 valence electrons. The number of piperazine rings is 1. The van der Waals surface area contributed by atoms with Gasteiger partial charge in [0.1, 0.15) is 12.6 Å². The fraction of sp³-hybridized carbons (Fsp3) is 0.769. The number of hydrogen-bond donors (Lipinski definition) is 2. The molecular weight excluding hydrogens is 246 g/mol. The lowest BCUT2D eigenvalue weighted by Gasteiger charge is -2.37. The van der Waals surface area contributed by atoms with Gasteiger partial charge in [0, 0.05) is 12.0 Å². The van der Waals surface area contributed by atoms with Crippen LogP contribution in [0.25, 0.3) is 0 Å². The van der Waals surface area contributed by atoms with E-state index in [9.17, 15) is 14.4 Å². The van der Waals surface area contributed by atoms with E-state index in [4.69, 9.17) is 5.73 Å². The van der Waals surface area contributed by atoms with Crippen LogP contribution in [0.5, 0.6) is 0 Å². The van der Waals surface area contributed by atoms with E-state index < -0.39 is 23.4 Å².